The second-order valence-corrected chi connectivity index (χ2v) is 5.53. The van der Waals surface area contributed by atoms with Gasteiger partial charge in [-0.15, -0.1) is 0 Å². The first-order chi connectivity index (χ1) is 9.79. The lowest BCUT2D eigenvalue weighted by atomic mass is 10.1. The van der Waals surface area contributed by atoms with Crippen LogP contribution in [0, 0.1) is 12.8 Å². The van der Waals surface area contributed by atoms with E-state index in [4.69, 9.17) is 9.47 Å². The Labute approximate surface area is 121 Å². The van der Waals surface area contributed by atoms with Crippen LogP contribution >= 0.6 is 0 Å². The first-order valence-electron chi connectivity index (χ1n) is 7.58. The van der Waals surface area contributed by atoms with Gasteiger partial charge in [0.05, 0.1) is 18.9 Å². The molecule has 0 unspecified atom stereocenters. The van der Waals surface area contributed by atoms with Crippen molar-refractivity contribution >= 4 is 0 Å². The fraction of sp³-hybridized carbons (Fsp3) is 0.688. The highest BCUT2D eigenvalue weighted by Crippen LogP contribution is 2.26. The van der Waals surface area contributed by atoms with Crippen molar-refractivity contribution in [2.24, 2.45) is 5.92 Å². The summed E-state index contributed by atoms with van der Waals surface area (Å²) in [5, 5.41) is 3.33. The molecule has 1 aliphatic rings. The molecule has 0 aliphatic heterocycles. The zero-order chi connectivity index (χ0) is 14.2. The van der Waals surface area contributed by atoms with Crippen molar-refractivity contribution in [2.45, 2.75) is 39.2 Å². The number of methoxy groups -OCH3 is 1. The minimum atomic E-state index is 0.712. The van der Waals surface area contributed by atoms with E-state index < -0.39 is 0 Å². The Hall–Kier alpha value is -1.13. The van der Waals surface area contributed by atoms with Crippen LogP contribution in [0.4, 0.5) is 0 Å². The monoisotopic (exact) mass is 278 g/mol. The maximum absolute atomic E-state index is 6.00. The molecule has 0 amide bonds. The molecule has 20 heavy (non-hydrogen) atoms. The van der Waals surface area contributed by atoms with Crippen LogP contribution < -0.4 is 10.1 Å². The standard InChI is InChI=1S/C16H26N2O2/c1-13-7-8-16(20-12-14-5-3-4-6-14)15(18-13)11-17-9-10-19-2/h7-8,14,17H,3-6,9-12H2,1-2H3. The van der Waals surface area contributed by atoms with E-state index in [1.54, 1.807) is 7.11 Å². The summed E-state index contributed by atoms with van der Waals surface area (Å²) in [5.74, 6) is 1.65. The van der Waals surface area contributed by atoms with Crippen LogP contribution in [0.25, 0.3) is 0 Å². The normalized spacial score (nSPS) is 15.7. The number of rotatable bonds is 8. The lowest BCUT2D eigenvalue weighted by molar-refractivity contribution is 0.198. The molecule has 0 bridgehead atoms. The van der Waals surface area contributed by atoms with Gasteiger partial charge in [-0.3, -0.25) is 4.98 Å². The minimum Gasteiger partial charge on any atom is -0.491 e. The fourth-order valence-corrected chi connectivity index (χ4v) is 2.62. The van der Waals surface area contributed by atoms with Gasteiger partial charge >= 0.3 is 0 Å². The number of pyridine rings is 1. The molecule has 1 saturated carbocycles. The Kier molecular flexibility index (Phi) is 6.27. The molecule has 0 saturated heterocycles. The third-order valence-corrected chi connectivity index (χ3v) is 3.80. The first kappa shape index (κ1) is 15.3. The summed E-state index contributed by atoms with van der Waals surface area (Å²) in [6.07, 6.45) is 5.32. The maximum Gasteiger partial charge on any atom is 0.142 e. The maximum atomic E-state index is 6.00. The van der Waals surface area contributed by atoms with E-state index in [9.17, 15) is 0 Å². The van der Waals surface area contributed by atoms with Crippen molar-refractivity contribution in [1.82, 2.24) is 10.3 Å². The van der Waals surface area contributed by atoms with E-state index in [0.717, 1.165) is 42.8 Å². The summed E-state index contributed by atoms with van der Waals surface area (Å²) in [6, 6.07) is 4.06. The molecule has 1 fully saturated rings. The molecule has 1 heterocycles. The molecule has 0 aromatic carbocycles. The number of nitrogens with zero attached hydrogens (tertiary/aromatic N) is 1. The highest BCUT2D eigenvalue weighted by molar-refractivity contribution is 5.29. The predicted molar refractivity (Wildman–Crippen MR) is 80.0 cm³/mol. The van der Waals surface area contributed by atoms with E-state index in [2.05, 4.69) is 10.3 Å². The zero-order valence-electron chi connectivity index (χ0n) is 12.7. The fourth-order valence-electron chi connectivity index (χ4n) is 2.62. The molecule has 1 N–H and O–H groups in total. The Morgan fingerprint density at radius 1 is 1.30 bits per heavy atom. The van der Waals surface area contributed by atoms with Gasteiger partial charge < -0.3 is 14.8 Å². The minimum absolute atomic E-state index is 0.712. The third-order valence-electron chi connectivity index (χ3n) is 3.80. The molecule has 4 nitrogen and oxygen atoms in total. The van der Waals surface area contributed by atoms with Crippen molar-refractivity contribution in [3.05, 3.63) is 23.5 Å². The lowest BCUT2D eigenvalue weighted by Gasteiger charge is -2.15. The van der Waals surface area contributed by atoms with Gasteiger partial charge in [0.15, 0.2) is 0 Å². The number of aromatic nitrogens is 1. The molecule has 0 atom stereocenters. The van der Waals surface area contributed by atoms with E-state index in [1.807, 2.05) is 19.1 Å². The predicted octanol–water partition coefficient (Wildman–Crippen LogP) is 2.70. The summed E-state index contributed by atoms with van der Waals surface area (Å²) in [6.45, 7) is 5.11. The van der Waals surface area contributed by atoms with E-state index in [-0.39, 0.29) is 0 Å². The molecule has 0 spiro atoms. The molecule has 1 aromatic heterocycles. The van der Waals surface area contributed by atoms with Gasteiger partial charge in [0.2, 0.25) is 0 Å². The molecule has 4 heteroatoms. The molecule has 112 valence electrons. The van der Waals surface area contributed by atoms with Crippen molar-refractivity contribution < 1.29 is 9.47 Å². The smallest absolute Gasteiger partial charge is 0.142 e. The van der Waals surface area contributed by atoms with Crippen molar-refractivity contribution in [3.63, 3.8) is 0 Å². The summed E-state index contributed by atoms with van der Waals surface area (Å²) in [5.41, 5.74) is 2.03. The average Bonchev–Trinajstić information content (AvgIpc) is 2.96. The Balaban J connectivity index is 1.88. The highest BCUT2D eigenvalue weighted by atomic mass is 16.5. The summed E-state index contributed by atoms with van der Waals surface area (Å²) in [4.78, 5) is 4.59. The van der Waals surface area contributed by atoms with Gasteiger partial charge in [0.25, 0.3) is 0 Å². The van der Waals surface area contributed by atoms with Crippen LogP contribution in [0.2, 0.25) is 0 Å². The molecule has 2 rings (SSSR count). The molecular formula is C16H26N2O2. The van der Waals surface area contributed by atoms with Gasteiger partial charge in [-0.1, -0.05) is 12.8 Å². The van der Waals surface area contributed by atoms with Crippen LogP contribution in [0.5, 0.6) is 5.75 Å². The number of nitrogens with one attached hydrogen (secondary N) is 1. The number of aryl methyl sites for hydroxylation is 1. The summed E-state index contributed by atoms with van der Waals surface area (Å²) >= 11 is 0. The van der Waals surface area contributed by atoms with Crippen LogP contribution in [-0.4, -0.2) is 31.9 Å². The van der Waals surface area contributed by atoms with Crippen LogP contribution in [0.15, 0.2) is 12.1 Å². The van der Waals surface area contributed by atoms with Gasteiger partial charge in [-0.25, -0.2) is 0 Å². The van der Waals surface area contributed by atoms with Gasteiger partial charge in [-0.05, 0) is 37.8 Å². The number of hydrogen-bond acceptors (Lipinski definition) is 4. The van der Waals surface area contributed by atoms with E-state index >= 15 is 0 Å². The third kappa shape index (κ3) is 4.76. The summed E-state index contributed by atoms with van der Waals surface area (Å²) in [7, 11) is 1.71. The number of ether oxygens (including phenoxy) is 2. The van der Waals surface area contributed by atoms with Crippen LogP contribution in [0.1, 0.15) is 37.1 Å². The average molecular weight is 278 g/mol. The summed E-state index contributed by atoms with van der Waals surface area (Å²) < 4.78 is 11.0. The van der Waals surface area contributed by atoms with Crippen molar-refractivity contribution in [3.8, 4) is 5.75 Å². The number of hydrogen-bond donors (Lipinski definition) is 1. The van der Waals surface area contributed by atoms with Crippen LogP contribution in [-0.2, 0) is 11.3 Å². The molecular weight excluding hydrogens is 252 g/mol. The Morgan fingerprint density at radius 2 is 2.10 bits per heavy atom. The molecule has 1 aromatic rings. The van der Waals surface area contributed by atoms with Crippen LogP contribution in [0.3, 0.4) is 0 Å². The SMILES string of the molecule is COCCNCc1nc(C)ccc1OCC1CCCC1. The largest absolute Gasteiger partial charge is 0.491 e. The van der Waals surface area contributed by atoms with E-state index in [0.29, 0.717) is 6.61 Å². The first-order valence-corrected chi connectivity index (χ1v) is 7.58. The Bertz CT molecular complexity index is 403. The zero-order valence-corrected chi connectivity index (χ0v) is 12.7. The van der Waals surface area contributed by atoms with Gasteiger partial charge in [0, 0.05) is 25.9 Å². The van der Waals surface area contributed by atoms with Gasteiger partial charge in [-0.2, -0.15) is 0 Å². The van der Waals surface area contributed by atoms with Crippen molar-refractivity contribution in [2.75, 3.05) is 26.9 Å². The quantitative estimate of drug-likeness (QED) is 0.743. The van der Waals surface area contributed by atoms with E-state index in [1.165, 1.54) is 25.7 Å². The van der Waals surface area contributed by atoms with Crippen molar-refractivity contribution in [1.29, 1.82) is 0 Å². The lowest BCUT2D eigenvalue weighted by Crippen LogP contribution is -2.20. The Morgan fingerprint density at radius 3 is 2.85 bits per heavy atom. The topological polar surface area (TPSA) is 43.4 Å². The molecule has 1 aliphatic carbocycles. The second-order valence-electron chi connectivity index (χ2n) is 5.53. The highest BCUT2D eigenvalue weighted by Gasteiger charge is 2.16. The van der Waals surface area contributed by atoms with Gasteiger partial charge in [0.1, 0.15) is 5.75 Å². The second kappa shape index (κ2) is 8.22. The molecule has 0 radical (unpaired) electrons.